The number of allylic oxidation sites excluding steroid dienone is 1. The maximum Gasteiger partial charge on any atom is 0.0643 e. The molecule has 0 amide bonds. The van der Waals surface area contributed by atoms with Crippen LogP contribution in [0.25, 0.3) is 6.08 Å². The number of nitrogens with zero attached hydrogens (tertiary/aromatic N) is 1. The van der Waals surface area contributed by atoms with Crippen LogP contribution in [-0.2, 0) is 0 Å². The van der Waals surface area contributed by atoms with Crippen LogP contribution < -0.4 is 10.9 Å². The molecule has 0 fully saturated rings. The smallest absolute Gasteiger partial charge is 0.0643 e. The second-order valence-corrected chi connectivity index (χ2v) is 2.54. The molecular formula is C8H9N3. The molecule has 56 valence electrons. The summed E-state index contributed by atoms with van der Waals surface area (Å²) in [5.74, 6) is 0. The fourth-order valence-corrected chi connectivity index (χ4v) is 1.07. The van der Waals surface area contributed by atoms with Crippen LogP contribution in [0.4, 0.5) is 5.69 Å². The average Bonchev–Trinajstić information content (AvgIpc) is 2.04. The molecule has 1 aromatic heterocycles. The highest BCUT2D eigenvalue weighted by Crippen LogP contribution is 2.18. The van der Waals surface area contributed by atoms with Crippen LogP contribution in [0.1, 0.15) is 12.5 Å². The highest BCUT2D eigenvalue weighted by Gasteiger charge is 2.03. The molecule has 0 radical (unpaired) electrons. The van der Waals surface area contributed by atoms with Crippen molar-refractivity contribution in [2.24, 2.45) is 0 Å². The van der Waals surface area contributed by atoms with Crippen LogP contribution in [0.2, 0.25) is 0 Å². The van der Waals surface area contributed by atoms with Crippen LogP contribution in [0.15, 0.2) is 24.2 Å². The summed E-state index contributed by atoms with van der Waals surface area (Å²) in [7, 11) is 0. The van der Waals surface area contributed by atoms with Crippen molar-refractivity contribution < 1.29 is 0 Å². The first-order valence-corrected chi connectivity index (χ1v) is 3.50. The van der Waals surface area contributed by atoms with E-state index in [1.165, 1.54) is 0 Å². The summed E-state index contributed by atoms with van der Waals surface area (Å²) in [6, 6.07) is 1.94. The first-order chi connectivity index (χ1) is 5.36. The molecule has 2 N–H and O–H groups in total. The molecule has 0 spiro atoms. The van der Waals surface area contributed by atoms with Gasteiger partial charge >= 0.3 is 0 Å². The van der Waals surface area contributed by atoms with E-state index in [1.54, 1.807) is 6.20 Å². The van der Waals surface area contributed by atoms with Gasteiger partial charge in [0.2, 0.25) is 0 Å². The predicted octanol–water partition coefficient (Wildman–Crippen LogP) is 1.37. The number of hydrogen-bond donors (Lipinski definition) is 2. The number of anilines is 1. The van der Waals surface area contributed by atoms with E-state index in [0.29, 0.717) is 0 Å². The Kier molecular flexibility index (Phi) is 1.28. The van der Waals surface area contributed by atoms with Crippen molar-refractivity contribution in [3.05, 3.63) is 29.7 Å². The molecule has 0 atom stereocenters. The first-order valence-electron chi connectivity index (χ1n) is 3.50. The molecular weight excluding hydrogens is 138 g/mol. The van der Waals surface area contributed by atoms with Gasteiger partial charge in [0.25, 0.3) is 0 Å². The van der Waals surface area contributed by atoms with Crippen LogP contribution >= 0.6 is 0 Å². The third kappa shape index (κ3) is 1.05. The summed E-state index contributed by atoms with van der Waals surface area (Å²) >= 11 is 0. The Balaban J connectivity index is 2.51. The number of hydrogen-bond acceptors (Lipinski definition) is 3. The van der Waals surface area contributed by atoms with E-state index < -0.39 is 0 Å². The zero-order valence-corrected chi connectivity index (χ0v) is 6.26. The molecule has 0 bridgehead atoms. The minimum Gasteiger partial charge on any atom is -0.305 e. The minimum absolute atomic E-state index is 1.07. The molecule has 3 nitrogen and oxygen atoms in total. The summed E-state index contributed by atoms with van der Waals surface area (Å²) in [6.45, 7) is 2.00. The van der Waals surface area contributed by atoms with E-state index in [1.807, 2.05) is 19.2 Å². The third-order valence-electron chi connectivity index (χ3n) is 1.62. The van der Waals surface area contributed by atoms with E-state index in [4.69, 9.17) is 0 Å². The van der Waals surface area contributed by atoms with Gasteiger partial charge in [0.1, 0.15) is 0 Å². The second-order valence-electron chi connectivity index (χ2n) is 2.54. The number of fused-ring (bicyclic) bond motifs is 1. The lowest BCUT2D eigenvalue weighted by Crippen LogP contribution is -2.22. The molecule has 1 aliphatic rings. The maximum absolute atomic E-state index is 4.02. The summed E-state index contributed by atoms with van der Waals surface area (Å²) < 4.78 is 0. The molecule has 1 aromatic rings. The number of hydrazine groups is 1. The topological polar surface area (TPSA) is 37.0 Å². The van der Waals surface area contributed by atoms with Gasteiger partial charge in [-0.1, -0.05) is 0 Å². The van der Waals surface area contributed by atoms with Crippen molar-refractivity contribution in [1.82, 2.24) is 10.4 Å². The van der Waals surface area contributed by atoms with Gasteiger partial charge in [-0.2, -0.15) is 0 Å². The van der Waals surface area contributed by atoms with Gasteiger partial charge in [-0.15, -0.1) is 0 Å². The lowest BCUT2D eigenvalue weighted by Gasteiger charge is -2.17. The summed E-state index contributed by atoms with van der Waals surface area (Å²) in [6.07, 6.45) is 5.66. The molecule has 2 heterocycles. The third-order valence-corrected chi connectivity index (χ3v) is 1.62. The number of nitrogens with one attached hydrogen (secondary N) is 2. The molecule has 0 aliphatic carbocycles. The Morgan fingerprint density at radius 3 is 3.18 bits per heavy atom. The summed E-state index contributed by atoms with van der Waals surface area (Å²) in [4.78, 5) is 4.02. The number of pyridine rings is 1. The Bertz CT molecular complexity index is 304. The van der Waals surface area contributed by atoms with Crippen molar-refractivity contribution in [2.45, 2.75) is 6.92 Å². The monoisotopic (exact) mass is 147 g/mol. The summed E-state index contributed by atoms with van der Waals surface area (Å²) in [5, 5.41) is 0. The Hall–Kier alpha value is -1.51. The molecule has 1 aliphatic heterocycles. The fraction of sp³-hybridized carbons (Fsp3) is 0.125. The zero-order valence-electron chi connectivity index (χ0n) is 6.26. The van der Waals surface area contributed by atoms with E-state index in [-0.39, 0.29) is 0 Å². The first kappa shape index (κ1) is 6.22. The van der Waals surface area contributed by atoms with E-state index in [2.05, 4.69) is 21.9 Å². The van der Waals surface area contributed by atoms with Crippen molar-refractivity contribution in [3.63, 3.8) is 0 Å². The van der Waals surface area contributed by atoms with Crippen LogP contribution in [0, 0.1) is 0 Å². The van der Waals surface area contributed by atoms with Crippen molar-refractivity contribution in [1.29, 1.82) is 0 Å². The SMILES string of the molecule is CC1=Cc2cnccc2NN1. The molecule has 0 saturated heterocycles. The molecule has 11 heavy (non-hydrogen) atoms. The number of aromatic nitrogens is 1. The van der Waals surface area contributed by atoms with Gasteiger partial charge in [-0.3, -0.25) is 4.98 Å². The zero-order chi connectivity index (χ0) is 7.68. The van der Waals surface area contributed by atoms with E-state index in [0.717, 1.165) is 16.9 Å². The van der Waals surface area contributed by atoms with E-state index in [9.17, 15) is 0 Å². The van der Waals surface area contributed by atoms with Gasteiger partial charge in [-0.05, 0) is 19.1 Å². The van der Waals surface area contributed by atoms with Crippen LogP contribution in [-0.4, -0.2) is 4.98 Å². The molecule has 0 saturated carbocycles. The average molecular weight is 147 g/mol. The van der Waals surface area contributed by atoms with Crippen LogP contribution in [0.3, 0.4) is 0 Å². The molecule has 0 aromatic carbocycles. The van der Waals surface area contributed by atoms with Gasteiger partial charge in [0.05, 0.1) is 5.69 Å². The Labute approximate surface area is 65.1 Å². The second kappa shape index (κ2) is 2.27. The fourth-order valence-electron chi connectivity index (χ4n) is 1.07. The number of rotatable bonds is 0. The van der Waals surface area contributed by atoms with Gasteiger partial charge < -0.3 is 10.9 Å². The largest absolute Gasteiger partial charge is 0.305 e. The minimum atomic E-state index is 1.07. The highest BCUT2D eigenvalue weighted by atomic mass is 15.4. The molecule has 0 unspecified atom stereocenters. The molecule has 2 rings (SSSR count). The standard InChI is InChI=1S/C8H9N3/c1-6-4-7-5-9-3-2-8(7)11-10-6/h2-5,10-11H,1H3. The van der Waals surface area contributed by atoms with E-state index >= 15 is 0 Å². The Morgan fingerprint density at radius 2 is 2.27 bits per heavy atom. The maximum atomic E-state index is 4.02. The summed E-state index contributed by atoms with van der Waals surface area (Å²) in [5.41, 5.74) is 9.38. The molecule has 3 heteroatoms. The van der Waals surface area contributed by atoms with Gasteiger partial charge in [0, 0.05) is 23.7 Å². The quantitative estimate of drug-likeness (QED) is 0.582. The highest BCUT2D eigenvalue weighted by molar-refractivity contribution is 5.69. The predicted molar refractivity (Wildman–Crippen MR) is 44.6 cm³/mol. The van der Waals surface area contributed by atoms with Gasteiger partial charge in [0.15, 0.2) is 0 Å². The Morgan fingerprint density at radius 1 is 1.36 bits per heavy atom. The van der Waals surface area contributed by atoms with Crippen molar-refractivity contribution in [3.8, 4) is 0 Å². The normalized spacial score (nSPS) is 14.1. The lowest BCUT2D eigenvalue weighted by molar-refractivity contribution is 0.954. The van der Waals surface area contributed by atoms with Crippen molar-refractivity contribution in [2.75, 3.05) is 5.43 Å². The van der Waals surface area contributed by atoms with Gasteiger partial charge in [-0.25, -0.2) is 0 Å². The van der Waals surface area contributed by atoms with Crippen LogP contribution in [0.5, 0.6) is 0 Å². The lowest BCUT2D eigenvalue weighted by atomic mass is 10.2. The van der Waals surface area contributed by atoms with Crippen molar-refractivity contribution >= 4 is 11.8 Å².